The number of hydrogen-bond donors (Lipinski definition) is 2. The maximum atomic E-state index is 5.96. The second kappa shape index (κ2) is 7.28. The van der Waals surface area contributed by atoms with Crippen molar-refractivity contribution in [2.75, 3.05) is 20.3 Å². The molecular weight excluding hydrogens is 262 g/mol. The molecule has 19 heavy (non-hydrogen) atoms. The zero-order chi connectivity index (χ0) is 13.5. The first-order valence-electron chi connectivity index (χ1n) is 6.25. The van der Waals surface area contributed by atoms with Crippen molar-refractivity contribution in [1.82, 2.24) is 15.3 Å². The van der Waals surface area contributed by atoms with Gasteiger partial charge in [-0.1, -0.05) is 23.7 Å². The molecule has 4 nitrogen and oxygen atoms in total. The second-order valence-corrected chi connectivity index (χ2v) is 4.77. The number of rotatable bonds is 7. The molecule has 0 saturated carbocycles. The number of imidazole rings is 1. The summed E-state index contributed by atoms with van der Waals surface area (Å²) in [6, 6.07) is 7.83. The Morgan fingerprint density at radius 1 is 1.42 bits per heavy atom. The minimum atomic E-state index is 0.712. The highest BCUT2D eigenvalue weighted by atomic mass is 35.5. The number of halogens is 1. The van der Waals surface area contributed by atoms with Gasteiger partial charge in [-0.25, -0.2) is 4.98 Å². The van der Waals surface area contributed by atoms with Crippen molar-refractivity contribution in [3.63, 3.8) is 0 Å². The van der Waals surface area contributed by atoms with Crippen molar-refractivity contribution in [1.29, 1.82) is 0 Å². The van der Waals surface area contributed by atoms with Crippen LogP contribution in [0.1, 0.15) is 17.1 Å². The summed E-state index contributed by atoms with van der Waals surface area (Å²) in [7, 11) is 1.70. The fraction of sp³-hybridized carbons (Fsp3) is 0.357. The molecule has 0 unspecified atom stereocenters. The molecule has 102 valence electrons. The third-order valence-corrected chi connectivity index (χ3v) is 2.98. The average Bonchev–Trinajstić information content (AvgIpc) is 2.82. The van der Waals surface area contributed by atoms with Gasteiger partial charge in [0.05, 0.1) is 6.61 Å². The lowest BCUT2D eigenvalue weighted by Crippen LogP contribution is -2.18. The lowest BCUT2D eigenvalue weighted by molar-refractivity contribution is 0.199. The quantitative estimate of drug-likeness (QED) is 0.765. The molecule has 0 aliphatic carbocycles. The highest BCUT2D eigenvalue weighted by Gasteiger charge is 2.02. The summed E-state index contributed by atoms with van der Waals surface area (Å²) in [6.07, 6.45) is 2.62. The minimum absolute atomic E-state index is 0.712. The Hall–Kier alpha value is -1.36. The van der Waals surface area contributed by atoms with E-state index in [1.807, 2.05) is 30.5 Å². The summed E-state index contributed by atoms with van der Waals surface area (Å²) in [5.41, 5.74) is 2.23. The first-order chi connectivity index (χ1) is 9.28. The molecule has 0 fully saturated rings. The standard InChI is InChI=1S/C14H18ClN3O/c1-19-6-5-16-9-13-10-17-14(18-13)8-11-3-2-4-12(15)7-11/h2-4,7,10,16H,5-6,8-9H2,1H3,(H,17,18). The lowest BCUT2D eigenvalue weighted by atomic mass is 10.1. The Bertz CT molecular complexity index is 513. The van der Waals surface area contributed by atoms with Gasteiger partial charge in [0.15, 0.2) is 0 Å². The van der Waals surface area contributed by atoms with Crippen molar-refractivity contribution >= 4 is 11.6 Å². The molecule has 1 aromatic carbocycles. The smallest absolute Gasteiger partial charge is 0.110 e. The Labute approximate surface area is 118 Å². The SMILES string of the molecule is COCCNCc1cnc(Cc2cccc(Cl)c2)[nH]1. The van der Waals surface area contributed by atoms with Gasteiger partial charge in [0.2, 0.25) is 0 Å². The molecule has 0 saturated heterocycles. The third-order valence-electron chi connectivity index (χ3n) is 2.74. The molecule has 1 heterocycles. The highest BCUT2D eigenvalue weighted by molar-refractivity contribution is 6.30. The molecule has 0 atom stereocenters. The van der Waals surface area contributed by atoms with E-state index in [0.29, 0.717) is 6.61 Å². The molecule has 2 aromatic rings. The number of aromatic nitrogens is 2. The third kappa shape index (κ3) is 4.67. The monoisotopic (exact) mass is 279 g/mol. The molecule has 2 rings (SSSR count). The number of nitrogens with zero attached hydrogens (tertiary/aromatic N) is 1. The summed E-state index contributed by atoms with van der Waals surface area (Å²) in [6.45, 7) is 2.31. The molecule has 0 bridgehead atoms. The van der Waals surface area contributed by atoms with Gasteiger partial charge in [-0.3, -0.25) is 0 Å². The molecule has 5 heteroatoms. The zero-order valence-corrected chi connectivity index (χ0v) is 11.7. The number of methoxy groups -OCH3 is 1. The fourth-order valence-electron chi connectivity index (χ4n) is 1.82. The molecule has 1 aromatic heterocycles. The molecule has 0 spiro atoms. The predicted octanol–water partition coefficient (Wildman–Crippen LogP) is 2.39. The Morgan fingerprint density at radius 3 is 3.11 bits per heavy atom. The summed E-state index contributed by atoms with van der Waals surface area (Å²) >= 11 is 5.96. The van der Waals surface area contributed by atoms with Crippen molar-refractivity contribution in [2.45, 2.75) is 13.0 Å². The lowest BCUT2D eigenvalue weighted by Gasteiger charge is -2.01. The molecule has 0 amide bonds. The van der Waals surface area contributed by atoms with Gasteiger partial charge < -0.3 is 15.0 Å². The number of aromatic amines is 1. The molecule has 0 aliphatic heterocycles. The van der Waals surface area contributed by atoms with Crippen molar-refractivity contribution < 1.29 is 4.74 Å². The summed E-state index contributed by atoms with van der Waals surface area (Å²) < 4.78 is 4.97. The van der Waals surface area contributed by atoms with E-state index in [1.165, 1.54) is 0 Å². The van der Waals surface area contributed by atoms with Crippen LogP contribution in [0.4, 0.5) is 0 Å². The molecule has 0 aliphatic rings. The van der Waals surface area contributed by atoms with Crippen LogP contribution in [0.25, 0.3) is 0 Å². The predicted molar refractivity (Wildman–Crippen MR) is 76.4 cm³/mol. The number of hydrogen-bond acceptors (Lipinski definition) is 3. The molecule has 0 radical (unpaired) electrons. The van der Waals surface area contributed by atoms with Crippen LogP contribution < -0.4 is 5.32 Å². The van der Waals surface area contributed by atoms with Gasteiger partial charge in [0, 0.05) is 43.5 Å². The van der Waals surface area contributed by atoms with E-state index in [9.17, 15) is 0 Å². The normalized spacial score (nSPS) is 10.8. The summed E-state index contributed by atoms with van der Waals surface area (Å²) in [4.78, 5) is 7.67. The Balaban J connectivity index is 1.87. The van der Waals surface area contributed by atoms with Crippen LogP contribution in [0, 0.1) is 0 Å². The second-order valence-electron chi connectivity index (χ2n) is 4.33. The van der Waals surface area contributed by atoms with Crippen LogP contribution in [0.15, 0.2) is 30.5 Å². The Kier molecular flexibility index (Phi) is 5.39. The minimum Gasteiger partial charge on any atom is -0.383 e. The van der Waals surface area contributed by atoms with Crippen LogP contribution in [-0.4, -0.2) is 30.2 Å². The van der Waals surface area contributed by atoms with E-state index >= 15 is 0 Å². The average molecular weight is 280 g/mol. The van der Waals surface area contributed by atoms with E-state index in [2.05, 4.69) is 15.3 Å². The van der Waals surface area contributed by atoms with Crippen LogP contribution in [0.5, 0.6) is 0 Å². The largest absolute Gasteiger partial charge is 0.383 e. The zero-order valence-electron chi connectivity index (χ0n) is 10.9. The van der Waals surface area contributed by atoms with E-state index in [0.717, 1.165) is 41.6 Å². The van der Waals surface area contributed by atoms with E-state index in [1.54, 1.807) is 7.11 Å². The van der Waals surface area contributed by atoms with E-state index in [4.69, 9.17) is 16.3 Å². The van der Waals surface area contributed by atoms with Crippen LogP contribution in [0.2, 0.25) is 5.02 Å². The van der Waals surface area contributed by atoms with Crippen molar-refractivity contribution in [3.8, 4) is 0 Å². The van der Waals surface area contributed by atoms with Gasteiger partial charge in [-0.15, -0.1) is 0 Å². The maximum Gasteiger partial charge on any atom is 0.110 e. The Morgan fingerprint density at radius 2 is 2.32 bits per heavy atom. The molecule has 2 N–H and O–H groups in total. The highest BCUT2D eigenvalue weighted by Crippen LogP contribution is 2.13. The van der Waals surface area contributed by atoms with Crippen molar-refractivity contribution in [2.24, 2.45) is 0 Å². The first kappa shape index (κ1) is 14.1. The van der Waals surface area contributed by atoms with Crippen LogP contribution in [0.3, 0.4) is 0 Å². The van der Waals surface area contributed by atoms with E-state index in [-0.39, 0.29) is 0 Å². The topological polar surface area (TPSA) is 49.9 Å². The first-order valence-corrected chi connectivity index (χ1v) is 6.62. The maximum absolute atomic E-state index is 5.96. The van der Waals surface area contributed by atoms with Gasteiger partial charge in [-0.2, -0.15) is 0 Å². The van der Waals surface area contributed by atoms with Crippen LogP contribution >= 0.6 is 11.6 Å². The van der Waals surface area contributed by atoms with Crippen molar-refractivity contribution in [3.05, 3.63) is 52.6 Å². The summed E-state index contributed by atoms with van der Waals surface area (Å²) in [5.74, 6) is 0.950. The number of ether oxygens (including phenoxy) is 1. The number of H-pyrrole nitrogens is 1. The molecular formula is C14H18ClN3O. The van der Waals surface area contributed by atoms with Crippen LogP contribution in [-0.2, 0) is 17.7 Å². The number of benzene rings is 1. The van der Waals surface area contributed by atoms with Gasteiger partial charge >= 0.3 is 0 Å². The van der Waals surface area contributed by atoms with Gasteiger partial charge in [-0.05, 0) is 17.7 Å². The fourth-order valence-corrected chi connectivity index (χ4v) is 2.04. The van der Waals surface area contributed by atoms with Gasteiger partial charge in [0.1, 0.15) is 5.82 Å². The van der Waals surface area contributed by atoms with Gasteiger partial charge in [0.25, 0.3) is 0 Å². The summed E-state index contributed by atoms with van der Waals surface area (Å²) in [5, 5.41) is 4.03. The number of nitrogens with one attached hydrogen (secondary N) is 2. The van der Waals surface area contributed by atoms with E-state index < -0.39 is 0 Å².